The number of nitrogens with two attached hydrogens (primary N) is 1. The first kappa shape index (κ1) is 13.6. The van der Waals surface area contributed by atoms with E-state index in [2.05, 4.69) is 24.0 Å². The molecule has 0 fully saturated rings. The quantitative estimate of drug-likeness (QED) is 0.858. The lowest BCUT2D eigenvalue weighted by Crippen LogP contribution is -2.24. The molecule has 2 rings (SSSR count). The van der Waals surface area contributed by atoms with Gasteiger partial charge < -0.3 is 5.73 Å². The van der Waals surface area contributed by atoms with E-state index in [9.17, 15) is 4.79 Å². The van der Waals surface area contributed by atoms with Gasteiger partial charge in [0.15, 0.2) is 5.15 Å². The fourth-order valence-corrected chi connectivity index (χ4v) is 2.35. The molecule has 0 aliphatic rings. The van der Waals surface area contributed by atoms with Crippen LogP contribution in [-0.4, -0.2) is 9.55 Å². The zero-order valence-corrected chi connectivity index (χ0v) is 12.0. The molecule has 0 atom stereocenters. The maximum absolute atomic E-state index is 12.0. The van der Waals surface area contributed by atoms with Gasteiger partial charge in [0.1, 0.15) is 5.69 Å². The number of hydrogen-bond donors (Lipinski definition) is 1. The molecule has 5 heteroatoms. The average Bonchev–Trinajstić information content (AvgIpc) is 2.33. The molecule has 0 unspecified atom stereocenters. The first-order valence-corrected chi connectivity index (χ1v) is 6.35. The van der Waals surface area contributed by atoms with Crippen LogP contribution in [-0.2, 0) is 6.54 Å². The van der Waals surface area contributed by atoms with Gasteiger partial charge in [-0.2, -0.15) is 0 Å². The van der Waals surface area contributed by atoms with Crippen molar-refractivity contribution < 1.29 is 0 Å². The fraction of sp³-hybridized carbons (Fsp3) is 0.286. The van der Waals surface area contributed by atoms with Crippen LogP contribution in [0.3, 0.4) is 0 Å². The van der Waals surface area contributed by atoms with Crippen LogP contribution in [0.2, 0.25) is 5.15 Å². The van der Waals surface area contributed by atoms with Crippen LogP contribution in [0.1, 0.15) is 22.3 Å². The van der Waals surface area contributed by atoms with Crippen molar-refractivity contribution in [3.8, 4) is 0 Å². The highest BCUT2D eigenvalue weighted by Crippen LogP contribution is 2.17. The molecule has 2 aromatic rings. The Balaban J connectivity index is 2.48. The molecule has 1 aromatic carbocycles. The number of rotatable bonds is 2. The number of nitrogen functional groups attached to an aromatic ring is 1. The van der Waals surface area contributed by atoms with E-state index in [1.807, 2.05) is 13.8 Å². The van der Waals surface area contributed by atoms with Crippen LogP contribution in [0.4, 0.5) is 5.69 Å². The van der Waals surface area contributed by atoms with E-state index >= 15 is 0 Å². The van der Waals surface area contributed by atoms with Gasteiger partial charge in [0.25, 0.3) is 5.56 Å². The number of halogens is 1. The molecule has 0 bridgehead atoms. The van der Waals surface area contributed by atoms with Gasteiger partial charge in [-0.15, -0.1) is 0 Å². The smallest absolute Gasteiger partial charge is 0.278 e. The second-order valence-corrected chi connectivity index (χ2v) is 5.12. The molecule has 1 heterocycles. The Hall–Kier alpha value is -1.81. The van der Waals surface area contributed by atoms with Gasteiger partial charge in [-0.3, -0.25) is 9.36 Å². The maximum atomic E-state index is 12.0. The van der Waals surface area contributed by atoms with Crippen LogP contribution in [0.25, 0.3) is 0 Å². The summed E-state index contributed by atoms with van der Waals surface area (Å²) in [5, 5.41) is 0.0543. The molecule has 1 aromatic heterocycles. The molecule has 0 radical (unpaired) electrons. The Morgan fingerprint density at radius 1 is 1.26 bits per heavy atom. The fourth-order valence-electron chi connectivity index (χ4n) is 2.23. The number of hydrogen-bond acceptors (Lipinski definition) is 3. The van der Waals surface area contributed by atoms with E-state index in [4.69, 9.17) is 17.3 Å². The summed E-state index contributed by atoms with van der Waals surface area (Å²) in [4.78, 5) is 15.9. The summed E-state index contributed by atoms with van der Waals surface area (Å²) < 4.78 is 1.48. The van der Waals surface area contributed by atoms with Crippen molar-refractivity contribution in [1.82, 2.24) is 9.55 Å². The number of aryl methyl sites for hydroxylation is 3. The SMILES string of the molecule is Cc1cc(C)c(Cn2cnc(Cl)c(N)c2=O)c(C)c1. The highest BCUT2D eigenvalue weighted by molar-refractivity contribution is 6.31. The van der Waals surface area contributed by atoms with Gasteiger partial charge in [-0.25, -0.2) is 4.98 Å². The van der Waals surface area contributed by atoms with Crippen LogP contribution in [0, 0.1) is 20.8 Å². The lowest BCUT2D eigenvalue weighted by atomic mass is 10.00. The van der Waals surface area contributed by atoms with E-state index < -0.39 is 0 Å². The third kappa shape index (κ3) is 2.63. The predicted octanol–water partition coefficient (Wildman–Crippen LogP) is 2.45. The lowest BCUT2D eigenvalue weighted by Gasteiger charge is -2.13. The molecular weight excluding hydrogens is 262 g/mol. The topological polar surface area (TPSA) is 60.9 Å². The minimum absolute atomic E-state index is 0.00779. The Bertz CT molecular complexity index is 669. The monoisotopic (exact) mass is 277 g/mol. The van der Waals surface area contributed by atoms with Crippen molar-refractivity contribution in [2.45, 2.75) is 27.3 Å². The predicted molar refractivity (Wildman–Crippen MR) is 77.7 cm³/mol. The molecule has 0 amide bonds. The number of anilines is 1. The molecule has 4 nitrogen and oxygen atoms in total. The highest BCUT2D eigenvalue weighted by atomic mass is 35.5. The van der Waals surface area contributed by atoms with Gasteiger partial charge in [0.2, 0.25) is 0 Å². The van der Waals surface area contributed by atoms with Crippen LogP contribution >= 0.6 is 11.6 Å². The van der Waals surface area contributed by atoms with Crippen molar-refractivity contribution >= 4 is 17.3 Å². The summed E-state index contributed by atoms with van der Waals surface area (Å²) in [5.41, 5.74) is 9.91. The Morgan fingerprint density at radius 3 is 2.42 bits per heavy atom. The van der Waals surface area contributed by atoms with Crippen molar-refractivity contribution in [3.63, 3.8) is 0 Å². The lowest BCUT2D eigenvalue weighted by molar-refractivity contribution is 0.731. The van der Waals surface area contributed by atoms with Crippen molar-refractivity contribution in [2.24, 2.45) is 0 Å². The highest BCUT2D eigenvalue weighted by Gasteiger charge is 2.09. The molecule has 0 saturated heterocycles. The Morgan fingerprint density at radius 2 is 1.84 bits per heavy atom. The second-order valence-electron chi connectivity index (χ2n) is 4.76. The van der Waals surface area contributed by atoms with Crippen molar-refractivity contribution in [3.05, 3.63) is 56.2 Å². The normalized spacial score (nSPS) is 10.7. The zero-order chi connectivity index (χ0) is 14.2. The summed E-state index contributed by atoms with van der Waals surface area (Å²) in [6.07, 6.45) is 1.43. The second kappa shape index (κ2) is 5.05. The zero-order valence-electron chi connectivity index (χ0n) is 11.2. The Labute approximate surface area is 116 Å². The van der Waals surface area contributed by atoms with Crippen LogP contribution in [0.15, 0.2) is 23.3 Å². The Kier molecular flexibility index (Phi) is 3.62. The number of benzene rings is 1. The minimum atomic E-state index is -0.306. The van der Waals surface area contributed by atoms with Crippen molar-refractivity contribution in [1.29, 1.82) is 0 Å². The molecule has 0 saturated carbocycles. The first-order valence-electron chi connectivity index (χ1n) is 5.97. The largest absolute Gasteiger partial charge is 0.392 e. The molecular formula is C14H16ClN3O. The van der Waals surface area contributed by atoms with Gasteiger partial charge in [0.05, 0.1) is 12.9 Å². The van der Waals surface area contributed by atoms with Gasteiger partial charge in [-0.05, 0) is 37.5 Å². The van der Waals surface area contributed by atoms with Gasteiger partial charge >= 0.3 is 0 Å². The van der Waals surface area contributed by atoms with E-state index in [1.165, 1.54) is 16.5 Å². The standard InChI is InChI=1S/C14H16ClN3O/c1-8-4-9(2)11(10(3)5-8)6-18-7-17-13(15)12(16)14(18)19/h4-5,7H,6,16H2,1-3H3. The summed E-state index contributed by atoms with van der Waals surface area (Å²) >= 11 is 5.72. The minimum Gasteiger partial charge on any atom is -0.392 e. The van der Waals surface area contributed by atoms with Crippen LogP contribution < -0.4 is 11.3 Å². The summed E-state index contributed by atoms with van der Waals surface area (Å²) in [6.45, 7) is 6.57. The average molecular weight is 278 g/mol. The summed E-state index contributed by atoms with van der Waals surface area (Å²) in [6, 6.07) is 4.19. The third-order valence-electron chi connectivity index (χ3n) is 3.19. The summed E-state index contributed by atoms with van der Waals surface area (Å²) in [7, 11) is 0. The first-order chi connectivity index (χ1) is 8.90. The van der Waals surface area contributed by atoms with E-state index in [0.29, 0.717) is 6.54 Å². The van der Waals surface area contributed by atoms with E-state index in [0.717, 1.165) is 16.7 Å². The molecule has 0 aliphatic heterocycles. The van der Waals surface area contributed by atoms with Crippen molar-refractivity contribution in [2.75, 3.05) is 5.73 Å². The summed E-state index contributed by atoms with van der Waals surface area (Å²) in [5.74, 6) is 0. The molecule has 19 heavy (non-hydrogen) atoms. The number of aromatic nitrogens is 2. The van der Waals surface area contributed by atoms with E-state index in [1.54, 1.807) is 0 Å². The van der Waals surface area contributed by atoms with Crippen LogP contribution in [0.5, 0.6) is 0 Å². The molecule has 0 aliphatic carbocycles. The molecule has 0 spiro atoms. The third-order valence-corrected chi connectivity index (χ3v) is 3.49. The molecule has 2 N–H and O–H groups in total. The number of nitrogens with zero attached hydrogens (tertiary/aromatic N) is 2. The molecule has 100 valence electrons. The maximum Gasteiger partial charge on any atom is 0.278 e. The van der Waals surface area contributed by atoms with Gasteiger partial charge in [-0.1, -0.05) is 29.3 Å². The van der Waals surface area contributed by atoms with E-state index in [-0.39, 0.29) is 16.4 Å². The van der Waals surface area contributed by atoms with Gasteiger partial charge in [0, 0.05) is 0 Å².